The van der Waals surface area contributed by atoms with Crippen LogP contribution in [0.15, 0.2) is 30.3 Å². The minimum absolute atomic E-state index is 0.0689. The number of rotatable bonds is 2. The van der Waals surface area contributed by atoms with E-state index in [1.807, 2.05) is 0 Å². The monoisotopic (exact) mass is 241 g/mol. The molecule has 0 aliphatic carbocycles. The van der Waals surface area contributed by atoms with E-state index in [9.17, 15) is 12.8 Å². The molecule has 0 N–H and O–H groups in total. The average molecular weight is 241 g/mol. The Morgan fingerprint density at radius 1 is 1.25 bits per heavy atom. The fourth-order valence-electron chi connectivity index (χ4n) is 1.27. The second-order valence-corrected chi connectivity index (χ2v) is 4.85. The Hall–Kier alpha value is -1.69. The van der Waals surface area contributed by atoms with Crippen LogP contribution >= 0.6 is 0 Å². The largest absolute Gasteiger partial charge is 0.362 e. The lowest BCUT2D eigenvalue weighted by Crippen LogP contribution is -2.06. The molecule has 2 rings (SSSR count). The van der Waals surface area contributed by atoms with Crippen LogP contribution in [0, 0.1) is 5.82 Å². The number of fused-ring (bicyclic) bond motifs is 1. The van der Waals surface area contributed by atoms with Crippen molar-refractivity contribution in [3.05, 3.63) is 36.1 Å². The van der Waals surface area contributed by atoms with Crippen molar-refractivity contribution in [1.82, 2.24) is 4.98 Å². The first-order chi connectivity index (χ1) is 7.44. The lowest BCUT2D eigenvalue weighted by Gasteiger charge is -2.03. The van der Waals surface area contributed by atoms with E-state index in [0.29, 0.717) is 10.9 Å². The van der Waals surface area contributed by atoms with E-state index in [-0.39, 0.29) is 5.88 Å². The molecule has 0 saturated carbocycles. The van der Waals surface area contributed by atoms with E-state index in [1.165, 1.54) is 18.2 Å². The normalized spacial score (nSPS) is 11.6. The number of aromatic nitrogens is 1. The third kappa shape index (κ3) is 2.46. The Labute approximate surface area is 91.8 Å². The van der Waals surface area contributed by atoms with Gasteiger partial charge in [-0.15, -0.1) is 0 Å². The van der Waals surface area contributed by atoms with Gasteiger partial charge in [0.05, 0.1) is 11.8 Å². The topological polar surface area (TPSA) is 56.3 Å². The van der Waals surface area contributed by atoms with Crippen LogP contribution in [0.4, 0.5) is 4.39 Å². The van der Waals surface area contributed by atoms with Crippen molar-refractivity contribution in [2.75, 3.05) is 6.26 Å². The third-order valence-electron chi connectivity index (χ3n) is 1.87. The number of hydrogen-bond acceptors (Lipinski definition) is 4. The molecule has 0 aliphatic heterocycles. The molecule has 1 aromatic carbocycles. The van der Waals surface area contributed by atoms with Crippen LogP contribution in [-0.2, 0) is 10.1 Å². The van der Waals surface area contributed by atoms with E-state index in [2.05, 4.69) is 9.17 Å². The Bertz CT molecular complexity index is 640. The van der Waals surface area contributed by atoms with Crippen molar-refractivity contribution < 1.29 is 17.0 Å². The molecule has 0 spiro atoms. The van der Waals surface area contributed by atoms with Crippen LogP contribution in [0.2, 0.25) is 0 Å². The van der Waals surface area contributed by atoms with Gasteiger partial charge in [-0.1, -0.05) is 0 Å². The van der Waals surface area contributed by atoms with Gasteiger partial charge in [-0.2, -0.15) is 8.42 Å². The van der Waals surface area contributed by atoms with Gasteiger partial charge in [-0.25, -0.2) is 9.37 Å². The molecule has 6 heteroatoms. The molecule has 0 unspecified atom stereocenters. The molecule has 1 aromatic heterocycles. The van der Waals surface area contributed by atoms with E-state index in [1.54, 1.807) is 12.1 Å². The first kappa shape index (κ1) is 10.8. The van der Waals surface area contributed by atoms with E-state index >= 15 is 0 Å². The molecule has 0 amide bonds. The molecule has 1 heterocycles. The lowest BCUT2D eigenvalue weighted by molar-refractivity contribution is 0.484. The molecule has 4 nitrogen and oxygen atoms in total. The highest BCUT2D eigenvalue weighted by molar-refractivity contribution is 7.86. The molecule has 2 aromatic rings. The summed E-state index contributed by atoms with van der Waals surface area (Å²) in [7, 11) is -3.61. The molecule has 0 bridgehead atoms. The summed E-state index contributed by atoms with van der Waals surface area (Å²) in [5.41, 5.74) is 0.348. The fraction of sp³-hybridized carbons (Fsp3) is 0.100. The van der Waals surface area contributed by atoms with Crippen LogP contribution < -0.4 is 4.18 Å². The number of halogens is 1. The van der Waals surface area contributed by atoms with Crippen LogP contribution in [0.1, 0.15) is 0 Å². The van der Waals surface area contributed by atoms with Gasteiger partial charge >= 0.3 is 10.1 Å². The molecular formula is C10H8FNO3S. The molecule has 84 valence electrons. The zero-order chi connectivity index (χ0) is 11.8. The number of nitrogens with zero attached hydrogens (tertiary/aromatic N) is 1. The fourth-order valence-corrected chi connectivity index (χ4v) is 1.68. The quantitative estimate of drug-likeness (QED) is 0.751. The molecule has 0 radical (unpaired) electrons. The lowest BCUT2D eigenvalue weighted by atomic mass is 10.2. The second-order valence-electron chi connectivity index (χ2n) is 3.27. The van der Waals surface area contributed by atoms with Crippen LogP contribution in [0.25, 0.3) is 10.9 Å². The van der Waals surface area contributed by atoms with Crippen LogP contribution in [0.5, 0.6) is 5.88 Å². The van der Waals surface area contributed by atoms with E-state index in [4.69, 9.17) is 0 Å². The summed E-state index contributed by atoms with van der Waals surface area (Å²) in [6, 6.07) is 7.11. The summed E-state index contributed by atoms with van der Waals surface area (Å²) >= 11 is 0. The number of pyridine rings is 1. The maximum atomic E-state index is 12.9. The zero-order valence-electron chi connectivity index (χ0n) is 8.34. The van der Waals surface area contributed by atoms with E-state index in [0.717, 1.165) is 6.26 Å². The smallest absolute Gasteiger partial charge is 0.307 e. The van der Waals surface area contributed by atoms with E-state index < -0.39 is 15.9 Å². The summed E-state index contributed by atoms with van der Waals surface area (Å²) in [4.78, 5) is 3.88. The second kappa shape index (κ2) is 3.71. The molecule has 0 atom stereocenters. The SMILES string of the molecule is CS(=O)(=O)Oc1ccc2ccc(F)cc2n1. The van der Waals surface area contributed by atoms with Gasteiger partial charge in [-0.05, 0) is 18.2 Å². The zero-order valence-corrected chi connectivity index (χ0v) is 9.16. The minimum atomic E-state index is -3.61. The van der Waals surface area contributed by atoms with Crippen molar-refractivity contribution in [1.29, 1.82) is 0 Å². The van der Waals surface area contributed by atoms with Gasteiger partial charge in [0.25, 0.3) is 0 Å². The highest BCUT2D eigenvalue weighted by Crippen LogP contribution is 2.18. The Morgan fingerprint density at radius 2 is 1.94 bits per heavy atom. The maximum absolute atomic E-state index is 12.9. The van der Waals surface area contributed by atoms with Crippen molar-refractivity contribution in [3.63, 3.8) is 0 Å². The van der Waals surface area contributed by atoms with Gasteiger partial charge in [0.15, 0.2) is 0 Å². The summed E-state index contributed by atoms with van der Waals surface area (Å²) < 4.78 is 39.2. The molecule has 0 saturated heterocycles. The molecular weight excluding hydrogens is 233 g/mol. The van der Waals surface area contributed by atoms with Gasteiger partial charge in [0.1, 0.15) is 5.82 Å². The molecule has 0 fully saturated rings. The van der Waals surface area contributed by atoms with Gasteiger partial charge in [0.2, 0.25) is 5.88 Å². The maximum Gasteiger partial charge on any atom is 0.307 e. The number of benzene rings is 1. The van der Waals surface area contributed by atoms with Crippen molar-refractivity contribution >= 4 is 21.0 Å². The molecule has 0 aliphatic rings. The van der Waals surface area contributed by atoms with Crippen LogP contribution in [0.3, 0.4) is 0 Å². The van der Waals surface area contributed by atoms with Gasteiger partial charge < -0.3 is 4.18 Å². The Morgan fingerprint density at radius 3 is 2.62 bits per heavy atom. The summed E-state index contributed by atoms with van der Waals surface area (Å²) in [5, 5.41) is 0.710. The van der Waals surface area contributed by atoms with Gasteiger partial charge in [-0.3, -0.25) is 0 Å². The predicted octanol–water partition coefficient (Wildman–Crippen LogP) is 1.71. The first-order valence-electron chi connectivity index (χ1n) is 4.40. The van der Waals surface area contributed by atoms with Crippen molar-refractivity contribution in [2.24, 2.45) is 0 Å². The Balaban J connectivity index is 2.51. The predicted molar refractivity (Wildman–Crippen MR) is 57.2 cm³/mol. The summed E-state index contributed by atoms with van der Waals surface area (Å²) in [6.07, 6.45) is 0.921. The highest BCUT2D eigenvalue weighted by Gasteiger charge is 2.06. The average Bonchev–Trinajstić information content (AvgIpc) is 2.14. The van der Waals surface area contributed by atoms with Gasteiger partial charge in [0, 0.05) is 17.5 Å². The van der Waals surface area contributed by atoms with Crippen LogP contribution in [-0.4, -0.2) is 19.7 Å². The minimum Gasteiger partial charge on any atom is -0.362 e. The van der Waals surface area contributed by atoms with Crippen molar-refractivity contribution in [3.8, 4) is 5.88 Å². The molecule has 16 heavy (non-hydrogen) atoms. The highest BCUT2D eigenvalue weighted by atomic mass is 32.2. The Kier molecular flexibility index (Phi) is 2.51. The van der Waals surface area contributed by atoms with Crippen molar-refractivity contribution in [2.45, 2.75) is 0 Å². The third-order valence-corrected chi connectivity index (χ3v) is 2.34. The number of hydrogen-bond donors (Lipinski definition) is 0. The standard InChI is InChI=1S/C10H8FNO3S/c1-16(13,14)15-10-5-3-7-2-4-8(11)6-9(7)12-10/h2-6H,1H3. The summed E-state index contributed by atoms with van der Waals surface area (Å²) in [5.74, 6) is -0.503. The summed E-state index contributed by atoms with van der Waals surface area (Å²) in [6.45, 7) is 0. The first-order valence-corrected chi connectivity index (χ1v) is 6.21.